The summed E-state index contributed by atoms with van der Waals surface area (Å²) in [6.45, 7) is 4.41. The van der Waals surface area contributed by atoms with E-state index in [4.69, 9.17) is 0 Å². The molecule has 9 heteroatoms. The summed E-state index contributed by atoms with van der Waals surface area (Å²) in [7, 11) is -3.70. The molecule has 0 spiro atoms. The number of hydrogen-bond acceptors (Lipinski definition) is 7. The van der Waals surface area contributed by atoms with E-state index in [2.05, 4.69) is 20.2 Å². The highest BCUT2D eigenvalue weighted by molar-refractivity contribution is 7.89. The molecule has 2 aromatic heterocycles. The van der Waals surface area contributed by atoms with Crippen LogP contribution >= 0.6 is 0 Å². The number of nitrogens with one attached hydrogen (secondary N) is 1. The molecule has 2 fully saturated rings. The SMILES string of the molecule is Cc1ccc(N[C@@H]2CCN(S(=O)(=O)c3ccc(-c4ccc(N5CCC5)nc4)cc3)C[C@@H]2O)nc1. The third-order valence-corrected chi connectivity index (χ3v) is 8.42. The molecule has 3 aromatic rings. The largest absolute Gasteiger partial charge is 0.390 e. The van der Waals surface area contributed by atoms with Crippen LogP contribution < -0.4 is 10.2 Å². The van der Waals surface area contributed by atoms with Gasteiger partial charge in [-0.1, -0.05) is 18.2 Å². The number of hydrogen-bond donors (Lipinski definition) is 2. The number of pyridine rings is 2. The predicted octanol–water partition coefficient (Wildman–Crippen LogP) is 2.90. The van der Waals surface area contributed by atoms with Crippen LogP contribution in [0.15, 0.2) is 65.8 Å². The molecule has 8 nitrogen and oxygen atoms in total. The van der Waals surface area contributed by atoms with Gasteiger partial charge >= 0.3 is 0 Å². The minimum absolute atomic E-state index is 0.0372. The highest BCUT2D eigenvalue weighted by Crippen LogP contribution is 2.27. The maximum absolute atomic E-state index is 13.2. The van der Waals surface area contributed by atoms with Gasteiger partial charge in [0.1, 0.15) is 11.6 Å². The number of rotatable bonds is 6. The Morgan fingerprint density at radius 3 is 2.29 bits per heavy atom. The average Bonchev–Trinajstić information content (AvgIpc) is 2.81. The van der Waals surface area contributed by atoms with E-state index in [1.165, 1.54) is 10.7 Å². The van der Waals surface area contributed by atoms with Gasteiger partial charge in [0.2, 0.25) is 10.0 Å². The fourth-order valence-electron chi connectivity index (χ4n) is 4.29. The molecular weight excluding hydrogens is 450 g/mol. The Bertz CT molecular complexity index is 1230. The molecule has 2 atom stereocenters. The van der Waals surface area contributed by atoms with Gasteiger partial charge in [-0.3, -0.25) is 0 Å². The lowest BCUT2D eigenvalue weighted by atomic mass is 10.0. The molecule has 34 heavy (non-hydrogen) atoms. The van der Waals surface area contributed by atoms with Crippen molar-refractivity contribution < 1.29 is 13.5 Å². The van der Waals surface area contributed by atoms with Gasteiger partial charge in [-0.05, 0) is 61.2 Å². The zero-order valence-corrected chi connectivity index (χ0v) is 19.9. The molecule has 2 N–H and O–H groups in total. The lowest BCUT2D eigenvalue weighted by Gasteiger charge is -2.35. The lowest BCUT2D eigenvalue weighted by Crippen LogP contribution is -2.51. The summed E-state index contributed by atoms with van der Waals surface area (Å²) in [5.74, 6) is 1.65. The number of anilines is 2. The minimum atomic E-state index is -3.70. The smallest absolute Gasteiger partial charge is 0.243 e. The molecule has 0 radical (unpaired) electrons. The molecule has 0 unspecified atom stereocenters. The quantitative estimate of drug-likeness (QED) is 0.561. The van der Waals surface area contributed by atoms with Gasteiger partial charge in [0.25, 0.3) is 0 Å². The molecule has 2 aliphatic heterocycles. The fourth-order valence-corrected chi connectivity index (χ4v) is 5.76. The highest BCUT2D eigenvalue weighted by atomic mass is 32.2. The van der Waals surface area contributed by atoms with Crippen LogP contribution in [0.25, 0.3) is 11.1 Å². The second-order valence-electron chi connectivity index (χ2n) is 8.96. The van der Waals surface area contributed by atoms with Crippen LogP contribution in [-0.2, 0) is 10.0 Å². The number of sulfonamides is 1. The molecule has 0 bridgehead atoms. The molecule has 5 rings (SSSR count). The maximum Gasteiger partial charge on any atom is 0.243 e. The van der Waals surface area contributed by atoms with Gasteiger partial charge in [0, 0.05) is 44.1 Å². The summed E-state index contributed by atoms with van der Waals surface area (Å²) in [4.78, 5) is 11.3. The van der Waals surface area contributed by atoms with Crippen LogP contribution in [0.3, 0.4) is 0 Å². The predicted molar refractivity (Wildman–Crippen MR) is 132 cm³/mol. The summed E-state index contributed by atoms with van der Waals surface area (Å²) < 4.78 is 27.8. The van der Waals surface area contributed by atoms with Crippen molar-refractivity contribution in [1.29, 1.82) is 0 Å². The monoisotopic (exact) mass is 479 g/mol. The Hall–Kier alpha value is -3.01. The Morgan fingerprint density at radius 2 is 1.71 bits per heavy atom. The zero-order chi connectivity index (χ0) is 23.7. The van der Waals surface area contributed by atoms with E-state index >= 15 is 0 Å². The number of β-amino-alcohol motifs (C(OH)–C–C–N with tert-alkyl or cyclic N) is 1. The number of aliphatic hydroxyl groups is 1. The Kier molecular flexibility index (Phi) is 6.24. The number of benzene rings is 1. The van der Waals surface area contributed by atoms with Crippen molar-refractivity contribution in [3.63, 3.8) is 0 Å². The van der Waals surface area contributed by atoms with E-state index in [1.807, 2.05) is 37.4 Å². The van der Waals surface area contributed by atoms with Crippen LogP contribution in [0.2, 0.25) is 0 Å². The molecule has 0 saturated carbocycles. The first kappa shape index (κ1) is 22.8. The lowest BCUT2D eigenvalue weighted by molar-refractivity contribution is 0.0949. The molecular formula is C25H29N5O3S. The van der Waals surface area contributed by atoms with Crippen molar-refractivity contribution >= 4 is 21.7 Å². The Labute approximate surface area is 200 Å². The van der Waals surface area contributed by atoms with E-state index < -0.39 is 16.1 Å². The first-order chi connectivity index (χ1) is 16.4. The van der Waals surface area contributed by atoms with Gasteiger partial charge in [0.05, 0.1) is 17.0 Å². The van der Waals surface area contributed by atoms with Gasteiger partial charge in [-0.2, -0.15) is 4.31 Å². The van der Waals surface area contributed by atoms with Crippen molar-refractivity contribution in [1.82, 2.24) is 14.3 Å². The van der Waals surface area contributed by atoms with Crippen molar-refractivity contribution in [2.24, 2.45) is 0 Å². The van der Waals surface area contributed by atoms with E-state index in [0.717, 1.165) is 35.6 Å². The maximum atomic E-state index is 13.2. The van der Waals surface area contributed by atoms with Gasteiger partial charge in [-0.25, -0.2) is 18.4 Å². The Morgan fingerprint density at radius 1 is 0.941 bits per heavy atom. The van der Waals surface area contributed by atoms with Gasteiger partial charge in [0.15, 0.2) is 0 Å². The molecule has 4 heterocycles. The van der Waals surface area contributed by atoms with Gasteiger partial charge in [-0.15, -0.1) is 0 Å². The minimum Gasteiger partial charge on any atom is -0.390 e. The van der Waals surface area contributed by atoms with Crippen LogP contribution in [0, 0.1) is 6.92 Å². The van der Waals surface area contributed by atoms with Crippen molar-refractivity contribution in [2.45, 2.75) is 36.8 Å². The second-order valence-corrected chi connectivity index (χ2v) is 10.9. The van der Waals surface area contributed by atoms with Crippen LogP contribution in [-0.4, -0.2) is 66.1 Å². The molecule has 0 aliphatic carbocycles. The van der Waals surface area contributed by atoms with E-state index in [1.54, 1.807) is 30.5 Å². The van der Waals surface area contributed by atoms with Crippen molar-refractivity contribution in [3.8, 4) is 11.1 Å². The summed E-state index contributed by atoms with van der Waals surface area (Å²) in [6, 6.07) is 14.4. The summed E-state index contributed by atoms with van der Waals surface area (Å²) in [5.41, 5.74) is 2.91. The molecule has 1 aromatic carbocycles. The summed E-state index contributed by atoms with van der Waals surface area (Å²) in [6.07, 6.45) is 4.45. The van der Waals surface area contributed by atoms with E-state index in [-0.39, 0.29) is 17.5 Å². The first-order valence-corrected chi connectivity index (χ1v) is 13.0. The topological polar surface area (TPSA) is 98.7 Å². The number of aliphatic hydroxyl groups excluding tert-OH is 1. The Balaban J connectivity index is 1.24. The van der Waals surface area contributed by atoms with Crippen LogP contribution in [0.4, 0.5) is 11.6 Å². The zero-order valence-electron chi connectivity index (χ0n) is 19.1. The second kappa shape index (κ2) is 9.32. The highest BCUT2D eigenvalue weighted by Gasteiger charge is 2.34. The molecule has 0 amide bonds. The van der Waals surface area contributed by atoms with Crippen LogP contribution in [0.5, 0.6) is 0 Å². The normalized spacial score (nSPS) is 21.2. The third kappa shape index (κ3) is 4.64. The van der Waals surface area contributed by atoms with Gasteiger partial charge < -0.3 is 15.3 Å². The summed E-state index contributed by atoms with van der Waals surface area (Å²) >= 11 is 0. The molecule has 2 saturated heterocycles. The number of piperidine rings is 1. The molecule has 178 valence electrons. The average molecular weight is 480 g/mol. The fraction of sp³-hybridized carbons (Fsp3) is 0.360. The standard InChI is InChI=1S/C25H29N5O3S/c1-18-3-9-24(26-15-18)28-22-11-14-30(17-23(22)31)34(32,33)21-7-4-19(5-8-21)20-6-10-25(27-16-20)29-12-2-13-29/h3-10,15-16,22-23,31H,2,11-14,17H2,1H3,(H,26,28)/t22-,23+/m1/s1. The third-order valence-electron chi connectivity index (χ3n) is 6.54. The number of aryl methyl sites for hydroxylation is 1. The first-order valence-electron chi connectivity index (χ1n) is 11.6. The number of aromatic nitrogens is 2. The van der Waals surface area contributed by atoms with Crippen LogP contribution in [0.1, 0.15) is 18.4 Å². The van der Waals surface area contributed by atoms with E-state index in [0.29, 0.717) is 18.8 Å². The van der Waals surface area contributed by atoms with Crippen molar-refractivity contribution in [3.05, 3.63) is 66.5 Å². The van der Waals surface area contributed by atoms with E-state index in [9.17, 15) is 13.5 Å². The van der Waals surface area contributed by atoms with Crippen molar-refractivity contribution in [2.75, 3.05) is 36.4 Å². The molecule has 2 aliphatic rings. The summed E-state index contributed by atoms with van der Waals surface area (Å²) in [5, 5.41) is 13.9. The number of nitrogens with zero attached hydrogens (tertiary/aromatic N) is 4.